The molecule has 0 saturated heterocycles. The summed E-state index contributed by atoms with van der Waals surface area (Å²) in [6.07, 6.45) is 20.3. The van der Waals surface area contributed by atoms with E-state index in [0.29, 0.717) is 42.6 Å². The lowest BCUT2D eigenvalue weighted by molar-refractivity contribution is -0.119. The molecule has 0 aliphatic heterocycles. The lowest BCUT2D eigenvalue weighted by Crippen LogP contribution is -1.97. The number of benzene rings is 2. The molecule has 0 aromatic heterocycles. The van der Waals surface area contributed by atoms with Crippen LogP contribution >= 0.6 is 0 Å². The zero-order chi connectivity index (χ0) is 29.2. The first-order valence-corrected chi connectivity index (χ1v) is 15.3. The lowest BCUT2D eigenvalue weighted by atomic mass is 10.0. The molecule has 6 N–H and O–H groups in total. The fraction of sp³-hybridized carbons (Fsp3) is 0.606. The molecule has 2 aromatic carbocycles. The monoisotopic (exact) mass is 558 g/mol. The van der Waals surface area contributed by atoms with Gasteiger partial charge in [-0.05, 0) is 61.8 Å². The topological polar surface area (TPSA) is 138 Å². The number of aromatic hydroxyl groups is 6. The van der Waals surface area contributed by atoms with Crippen LogP contribution in [-0.4, -0.2) is 36.4 Å². The zero-order valence-corrected chi connectivity index (χ0v) is 24.0. The smallest absolute Gasteiger partial charge is 0.161 e. The molecule has 0 fully saturated rings. The number of hydrogen-bond acceptors (Lipinski definition) is 7. The molecular formula is C33H50O7. The van der Waals surface area contributed by atoms with E-state index < -0.39 is 0 Å². The summed E-state index contributed by atoms with van der Waals surface area (Å²) in [7, 11) is 0. The van der Waals surface area contributed by atoms with Gasteiger partial charge in [0.05, 0.1) is 0 Å². The summed E-state index contributed by atoms with van der Waals surface area (Å²) in [5.41, 5.74) is 1.34. The van der Waals surface area contributed by atoms with Crippen LogP contribution in [0.3, 0.4) is 0 Å². The first kappa shape index (κ1) is 33.1. The van der Waals surface area contributed by atoms with Crippen molar-refractivity contribution in [3.05, 3.63) is 35.4 Å². The lowest BCUT2D eigenvalue weighted by Gasteiger charge is -2.07. The highest BCUT2D eigenvalue weighted by atomic mass is 16.3. The maximum absolute atomic E-state index is 12.1. The molecule has 7 heteroatoms. The van der Waals surface area contributed by atoms with Crippen molar-refractivity contribution in [2.24, 2.45) is 0 Å². The van der Waals surface area contributed by atoms with Gasteiger partial charge in [-0.2, -0.15) is 0 Å². The van der Waals surface area contributed by atoms with Gasteiger partial charge in [-0.15, -0.1) is 0 Å². The van der Waals surface area contributed by atoms with Gasteiger partial charge in [0, 0.05) is 25.0 Å². The summed E-state index contributed by atoms with van der Waals surface area (Å²) in [4.78, 5) is 12.1. The van der Waals surface area contributed by atoms with Crippen LogP contribution in [-0.2, 0) is 17.6 Å². The van der Waals surface area contributed by atoms with Crippen molar-refractivity contribution in [2.75, 3.05) is 0 Å². The Balaban J connectivity index is 1.33. The van der Waals surface area contributed by atoms with Crippen LogP contribution in [0.5, 0.6) is 34.5 Å². The minimum Gasteiger partial charge on any atom is -0.508 e. The van der Waals surface area contributed by atoms with Gasteiger partial charge in [-0.3, -0.25) is 4.79 Å². The molecule has 0 heterocycles. The van der Waals surface area contributed by atoms with Crippen LogP contribution in [0.2, 0.25) is 0 Å². The van der Waals surface area contributed by atoms with E-state index in [2.05, 4.69) is 0 Å². The third-order valence-corrected chi connectivity index (χ3v) is 7.66. The number of hydrogen-bond donors (Lipinski definition) is 6. The van der Waals surface area contributed by atoms with Gasteiger partial charge < -0.3 is 30.6 Å². The van der Waals surface area contributed by atoms with E-state index in [1.54, 1.807) is 0 Å². The second-order valence-corrected chi connectivity index (χ2v) is 11.1. The molecule has 0 bridgehead atoms. The van der Waals surface area contributed by atoms with E-state index in [0.717, 1.165) is 64.2 Å². The highest BCUT2D eigenvalue weighted by Gasteiger charge is 2.09. The number of aryl methyl sites for hydroxylation is 2. The van der Waals surface area contributed by atoms with Gasteiger partial charge in [0.1, 0.15) is 17.3 Å². The number of carbonyl (C=O) groups excluding carboxylic acids is 1. The number of ketones is 1. The number of phenolic OH excluding ortho intramolecular Hbond substituents is 6. The molecule has 224 valence electrons. The molecule has 0 amide bonds. The summed E-state index contributed by atoms with van der Waals surface area (Å²) in [6.45, 7) is 0. The van der Waals surface area contributed by atoms with E-state index in [9.17, 15) is 35.4 Å². The van der Waals surface area contributed by atoms with Crippen molar-refractivity contribution in [1.82, 2.24) is 0 Å². The van der Waals surface area contributed by atoms with Crippen LogP contribution in [0.25, 0.3) is 0 Å². The van der Waals surface area contributed by atoms with Gasteiger partial charge >= 0.3 is 0 Å². The minimum atomic E-state index is -0.297. The molecule has 2 aromatic rings. The van der Waals surface area contributed by atoms with Gasteiger partial charge in [0.2, 0.25) is 0 Å². The predicted molar refractivity (Wildman–Crippen MR) is 158 cm³/mol. The second kappa shape index (κ2) is 19.1. The molecule has 40 heavy (non-hydrogen) atoms. The molecular weight excluding hydrogens is 508 g/mol. The predicted octanol–water partition coefficient (Wildman–Crippen LogP) is 8.30. The number of carbonyl (C=O) groups is 1. The van der Waals surface area contributed by atoms with E-state index >= 15 is 0 Å². The summed E-state index contributed by atoms with van der Waals surface area (Å²) in [5, 5.41) is 57.5. The number of unbranched alkanes of at least 4 members (excludes halogenated alkanes) is 14. The van der Waals surface area contributed by atoms with Crippen molar-refractivity contribution < 1.29 is 35.4 Å². The fourth-order valence-electron chi connectivity index (χ4n) is 5.14. The molecule has 0 atom stereocenters. The van der Waals surface area contributed by atoms with Crippen molar-refractivity contribution in [2.45, 2.75) is 128 Å². The average molecular weight is 559 g/mol. The Kier molecular flexibility index (Phi) is 15.8. The van der Waals surface area contributed by atoms with Crippen molar-refractivity contribution in [1.29, 1.82) is 0 Å². The first-order valence-electron chi connectivity index (χ1n) is 15.3. The molecule has 0 aliphatic carbocycles. The molecule has 2 rings (SSSR count). The van der Waals surface area contributed by atoms with Gasteiger partial charge in [-0.25, -0.2) is 0 Å². The van der Waals surface area contributed by atoms with E-state index in [-0.39, 0.29) is 34.5 Å². The van der Waals surface area contributed by atoms with Gasteiger partial charge in [-0.1, -0.05) is 77.0 Å². The molecule has 0 radical (unpaired) electrons. The molecule has 0 spiro atoms. The Morgan fingerprint density at radius 3 is 1.00 bits per heavy atom. The third-order valence-electron chi connectivity index (χ3n) is 7.66. The quantitative estimate of drug-likeness (QED) is 0.0485. The summed E-state index contributed by atoms with van der Waals surface area (Å²) in [6, 6.07) is 5.24. The SMILES string of the molecule is O=C(CCCCCCCCCCc1cc(O)c(O)cc1O)CCCCCCCCCCc1cc(O)c(O)cc1O. The Morgan fingerprint density at radius 1 is 0.375 bits per heavy atom. The third kappa shape index (κ3) is 13.3. The normalized spacial score (nSPS) is 11.2. The largest absolute Gasteiger partial charge is 0.508 e. The standard InChI is InChI=1S/C33H50O7/c34-27(19-15-11-7-3-1-5-9-13-17-25-21-30(37)32(39)23-28(25)35)20-16-12-8-4-2-6-10-14-18-26-22-31(38)33(40)24-29(26)36/h21-24,35-40H,1-20H2. The van der Waals surface area contributed by atoms with E-state index in [4.69, 9.17) is 0 Å². The van der Waals surface area contributed by atoms with Crippen LogP contribution < -0.4 is 0 Å². The molecule has 7 nitrogen and oxygen atoms in total. The van der Waals surface area contributed by atoms with Crippen LogP contribution in [0.4, 0.5) is 0 Å². The summed E-state index contributed by atoms with van der Waals surface area (Å²) in [5.74, 6) is -0.525. The highest BCUT2D eigenvalue weighted by Crippen LogP contribution is 2.34. The van der Waals surface area contributed by atoms with Crippen LogP contribution in [0.1, 0.15) is 127 Å². The Bertz CT molecular complexity index is 939. The van der Waals surface area contributed by atoms with Crippen LogP contribution in [0.15, 0.2) is 24.3 Å². The van der Waals surface area contributed by atoms with Crippen molar-refractivity contribution in [3.8, 4) is 34.5 Å². The summed E-state index contributed by atoms with van der Waals surface area (Å²) < 4.78 is 0. The van der Waals surface area contributed by atoms with Gasteiger partial charge in [0.25, 0.3) is 0 Å². The Morgan fingerprint density at radius 2 is 0.650 bits per heavy atom. The second-order valence-electron chi connectivity index (χ2n) is 11.1. The van der Waals surface area contributed by atoms with E-state index in [1.165, 1.54) is 62.8 Å². The molecule has 0 unspecified atom stereocenters. The Labute approximate surface area is 239 Å². The van der Waals surface area contributed by atoms with Gasteiger partial charge in [0.15, 0.2) is 23.0 Å². The average Bonchev–Trinajstić information content (AvgIpc) is 2.91. The van der Waals surface area contributed by atoms with Crippen molar-refractivity contribution >= 4 is 5.78 Å². The molecule has 0 aliphatic rings. The maximum atomic E-state index is 12.1. The zero-order valence-electron chi connectivity index (χ0n) is 24.0. The van der Waals surface area contributed by atoms with Crippen molar-refractivity contribution in [3.63, 3.8) is 0 Å². The first-order chi connectivity index (χ1) is 19.3. The summed E-state index contributed by atoms with van der Waals surface area (Å²) >= 11 is 0. The number of Topliss-reactive ketones (excluding diaryl/α,β-unsaturated/α-hetero) is 1. The fourth-order valence-corrected chi connectivity index (χ4v) is 5.14. The Hall–Kier alpha value is -3.09. The van der Waals surface area contributed by atoms with Crippen LogP contribution in [0, 0.1) is 0 Å². The molecule has 0 saturated carbocycles. The maximum Gasteiger partial charge on any atom is 0.161 e. The number of phenols is 6. The minimum absolute atomic E-state index is 0.0304. The highest BCUT2D eigenvalue weighted by molar-refractivity contribution is 5.78. The number of rotatable bonds is 22. The van der Waals surface area contributed by atoms with E-state index in [1.807, 2.05) is 0 Å².